The number of β-lactam (4-membered cyclic amide) rings is 1. The Morgan fingerprint density at radius 2 is 1.93 bits per heavy atom. The maximum atomic E-state index is 11.8. The van der Waals surface area contributed by atoms with Crippen LogP contribution in [0, 0.1) is 0 Å². The van der Waals surface area contributed by atoms with E-state index in [2.05, 4.69) is 10.6 Å². The third-order valence-corrected chi connectivity index (χ3v) is 5.60. The molecule has 0 radical (unpaired) electrons. The fraction of sp³-hybridized carbons (Fsp3) is 0.333. The largest absolute Gasteiger partial charge is 0.477 e. The maximum Gasteiger partial charge on any atom is 0.353 e. The summed E-state index contributed by atoms with van der Waals surface area (Å²) in [7, 11) is 0. The van der Waals surface area contributed by atoms with E-state index in [0.29, 0.717) is 42.7 Å². The Balaban J connectivity index is 1.38. The van der Waals surface area contributed by atoms with Crippen molar-refractivity contribution in [1.82, 2.24) is 15.5 Å². The minimum Gasteiger partial charge on any atom is -0.477 e. The zero-order valence-electron chi connectivity index (χ0n) is 14.4. The summed E-state index contributed by atoms with van der Waals surface area (Å²) in [5, 5.41) is 14.1. The molecule has 0 spiro atoms. The molecule has 0 bridgehead atoms. The van der Waals surface area contributed by atoms with Gasteiger partial charge in [0, 0.05) is 17.0 Å². The van der Waals surface area contributed by atoms with E-state index in [1.165, 1.54) is 16.7 Å². The molecule has 3 rings (SSSR count). The molecule has 1 fully saturated rings. The number of carbonyl (C=O) groups excluding carboxylic acids is 3. The highest BCUT2D eigenvalue weighted by Gasteiger charge is 2.47. The van der Waals surface area contributed by atoms with Gasteiger partial charge in [0.2, 0.25) is 5.91 Å². The fourth-order valence-corrected chi connectivity index (χ4v) is 4.37. The predicted octanol–water partition coefficient (Wildman–Crippen LogP) is 1.90. The monoisotopic (exact) mass is 389 g/mol. The van der Waals surface area contributed by atoms with Gasteiger partial charge < -0.3 is 10.4 Å². The molecule has 0 unspecified atom stereocenters. The van der Waals surface area contributed by atoms with Crippen molar-refractivity contribution in [2.24, 2.45) is 0 Å². The molecule has 1 saturated heterocycles. The first-order chi connectivity index (χ1) is 13.0. The maximum absolute atomic E-state index is 11.8. The zero-order valence-corrected chi connectivity index (χ0v) is 15.3. The lowest BCUT2D eigenvalue weighted by molar-refractivity contribution is -0.145. The van der Waals surface area contributed by atoms with Gasteiger partial charge in [0.05, 0.1) is 11.8 Å². The van der Waals surface area contributed by atoms with Crippen molar-refractivity contribution in [3.8, 4) is 0 Å². The minimum absolute atomic E-state index is 0.0773. The van der Waals surface area contributed by atoms with Crippen LogP contribution in [0.5, 0.6) is 0 Å². The Kier molecular flexibility index (Phi) is 5.80. The summed E-state index contributed by atoms with van der Waals surface area (Å²) < 4.78 is 0. The number of nitrogens with zero attached hydrogens (tertiary/aromatic N) is 1. The first-order valence-corrected chi connectivity index (χ1v) is 9.44. The summed E-state index contributed by atoms with van der Waals surface area (Å²) in [6.45, 7) is 0.361. The second kappa shape index (κ2) is 8.26. The van der Waals surface area contributed by atoms with Crippen molar-refractivity contribution >= 4 is 35.6 Å². The number of benzene rings is 1. The Morgan fingerprint density at radius 3 is 2.59 bits per heavy atom. The lowest BCUT2D eigenvalue weighted by atomic mass is 10.1. The van der Waals surface area contributed by atoms with Gasteiger partial charge in [-0.25, -0.2) is 9.59 Å². The van der Waals surface area contributed by atoms with Crippen molar-refractivity contribution in [3.05, 3.63) is 46.5 Å². The first kappa shape index (κ1) is 19.0. The van der Waals surface area contributed by atoms with Crippen LogP contribution in [0.3, 0.4) is 0 Å². The third kappa shape index (κ3) is 4.30. The molecule has 1 atom stereocenters. The van der Waals surface area contributed by atoms with Gasteiger partial charge in [0.25, 0.3) is 5.91 Å². The number of hydrogen-bond donors (Lipinski definition) is 3. The Hall–Kier alpha value is -2.81. The van der Waals surface area contributed by atoms with E-state index in [4.69, 9.17) is 0 Å². The number of thioether (sulfide) groups is 1. The molecule has 4 amide bonds. The quantitative estimate of drug-likeness (QED) is 0.485. The van der Waals surface area contributed by atoms with Gasteiger partial charge in [-0.15, -0.1) is 11.8 Å². The highest BCUT2D eigenvalue weighted by Crippen LogP contribution is 2.47. The third-order valence-electron chi connectivity index (χ3n) is 4.27. The summed E-state index contributed by atoms with van der Waals surface area (Å²) in [6.07, 6.45) is 2.21. The second-order valence-corrected chi connectivity index (χ2v) is 7.42. The number of carboxylic acids is 1. The van der Waals surface area contributed by atoms with Crippen molar-refractivity contribution in [1.29, 1.82) is 0 Å². The number of carboxylic acid groups (broad SMARTS) is 1. The van der Waals surface area contributed by atoms with E-state index >= 15 is 0 Å². The molecule has 0 aromatic heterocycles. The normalized spacial score (nSPS) is 18.0. The highest BCUT2D eigenvalue weighted by atomic mass is 32.2. The smallest absolute Gasteiger partial charge is 0.353 e. The Labute approximate surface area is 160 Å². The standard InChI is InChI=1S/C18H19N3O5S/c22-13-10-14-21(13)15(17(24)25)12(27-14)8-4-5-9-19-18(26)20-16(23)11-6-2-1-3-7-11/h1-3,6-7,14H,4-5,8-10H2,(H,24,25)(H2,19,20,23,26)/t14-/m0/s1. The molecule has 1 aromatic rings. The predicted molar refractivity (Wildman–Crippen MR) is 98.7 cm³/mol. The van der Waals surface area contributed by atoms with E-state index in [1.807, 2.05) is 0 Å². The summed E-state index contributed by atoms with van der Waals surface area (Å²) in [4.78, 5) is 48.6. The van der Waals surface area contributed by atoms with E-state index in [-0.39, 0.29) is 17.0 Å². The van der Waals surface area contributed by atoms with Gasteiger partial charge in [0.1, 0.15) is 5.70 Å². The number of imide groups is 1. The zero-order chi connectivity index (χ0) is 19.4. The fourth-order valence-electron chi connectivity index (χ4n) is 2.93. The first-order valence-electron chi connectivity index (χ1n) is 8.56. The second-order valence-electron chi connectivity index (χ2n) is 6.15. The van der Waals surface area contributed by atoms with Gasteiger partial charge >= 0.3 is 12.0 Å². The van der Waals surface area contributed by atoms with Crippen LogP contribution in [0.4, 0.5) is 4.79 Å². The summed E-state index contributed by atoms with van der Waals surface area (Å²) in [6, 6.07) is 7.87. The molecule has 3 N–H and O–H groups in total. The van der Waals surface area contributed by atoms with Crippen LogP contribution >= 0.6 is 11.8 Å². The van der Waals surface area contributed by atoms with Crippen LogP contribution in [0.25, 0.3) is 0 Å². The van der Waals surface area contributed by atoms with Crippen molar-refractivity contribution < 1.29 is 24.3 Å². The average Bonchev–Trinajstić information content (AvgIpc) is 2.94. The van der Waals surface area contributed by atoms with E-state index in [0.717, 1.165) is 0 Å². The number of aliphatic carboxylic acids is 1. The molecule has 8 nitrogen and oxygen atoms in total. The number of rotatable bonds is 7. The average molecular weight is 389 g/mol. The number of fused-ring (bicyclic) bond motifs is 1. The van der Waals surface area contributed by atoms with Gasteiger partial charge in [-0.1, -0.05) is 18.2 Å². The molecule has 0 aliphatic carbocycles. The van der Waals surface area contributed by atoms with Crippen LogP contribution < -0.4 is 10.6 Å². The van der Waals surface area contributed by atoms with Gasteiger partial charge in [0.15, 0.2) is 0 Å². The minimum atomic E-state index is -1.08. The van der Waals surface area contributed by atoms with E-state index in [9.17, 15) is 24.3 Å². The number of urea groups is 1. The van der Waals surface area contributed by atoms with Crippen LogP contribution in [0.1, 0.15) is 36.0 Å². The Morgan fingerprint density at radius 1 is 1.19 bits per heavy atom. The van der Waals surface area contributed by atoms with Crippen molar-refractivity contribution in [2.45, 2.75) is 31.1 Å². The van der Waals surface area contributed by atoms with Crippen LogP contribution in [-0.4, -0.2) is 45.7 Å². The topological polar surface area (TPSA) is 116 Å². The molecule has 0 saturated carbocycles. The molecule has 9 heteroatoms. The number of unbranched alkanes of at least 4 members (excludes halogenated alkanes) is 1. The van der Waals surface area contributed by atoms with Gasteiger partial charge in [-0.2, -0.15) is 0 Å². The number of nitrogens with one attached hydrogen (secondary N) is 2. The van der Waals surface area contributed by atoms with E-state index in [1.54, 1.807) is 30.3 Å². The summed E-state index contributed by atoms with van der Waals surface area (Å²) >= 11 is 1.43. The number of hydrogen-bond acceptors (Lipinski definition) is 5. The highest BCUT2D eigenvalue weighted by molar-refractivity contribution is 8.04. The molecule has 2 aliphatic rings. The molecule has 2 heterocycles. The number of carbonyl (C=O) groups is 4. The summed E-state index contributed by atoms with van der Waals surface area (Å²) in [5.74, 6) is -1.70. The van der Waals surface area contributed by atoms with Crippen LogP contribution in [0.15, 0.2) is 40.9 Å². The van der Waals surface area contributed by atoms with Gasteiger partial charge in [-0.3, -0.25) is 19.8 Å². The number of amides is 4. The number of allylic oxidation sites excluding steroid dienone is 1. The molecule has 2 aliphatic heterocycles. The lowest BCUT2D eigenvalue weighted by Crippen LogP contribution is -2.48. The van der Waals surface area contributed by atoms with E-state index < -0.39 is 17.9 Å². The molecule has 27 heavy (non-hydrogen) atoms. The van der Waals surface area contributed by atoms with Crippen LogP contribution in [-0.2, 0) is 9.59 Å². The molecular formula is C18H19N3O5S. The van der Waals surface area contributed by atoms with Crippen molar-refractivity contribution in [3.63, 3.8) is 0 Å². The SMILES string of the molecule is O=C(NCCCCC1=C(C(=O)O)N2C(=O)C[C@@H]2S1)NC(=O)c1ccccc1. The van der Waals surface area contributed by atoms with Crippen LogP contribution in [0.2, 0.25) is 0 Å². The summed E-state index contributed by atoms with van der Waals surface area (Å²) in [5.41, 5.74) is 0.499. The Bertz CT molecular complexity index is 808. The lowest BCUT2D eigenvalue weighted by Gasteiger charge is -2.33. The van der Waals surface area contributed by atoms with Gasteiger partial charge in [-0.05, 0) is 31.4 Å². The molecular weight excluding hydrogens is 370 g/mol. The van der Waals surface area contributed by atoms with Crippen molar-refractivity contribution in [2.75, 3.05) is 6.54 Å². The molecule has 1 aromatic carbocycles. The molecule has 142 valence electrons.